The third-order valence-electron chi connectivity index (χ3n) is 25.8. The summed E-state index contributed by atoms with van der Waals surface area (Å²) < 4.78 is 37.8. The van der Waals surface area contributed by atoms with Crippen LogP contribution in [0.4, 0.5) is 0 Å². The van der Waals surface area contributed by atoms with Crippen molar-refractivity contribution in [3.8, 4) is 23.3 Å². The van der Waals surface area contributed by atoms with Crippen LogP contribution in [-0.4, -0.2) is 168 Å². The second-order valence-electron chi connectivity index (χ2n) is 36.2. The molecule has 4 fully saturated rings. The lowest BCUT2D eigenvalue weighted by molar-refractivity contribution is -0.135. The summed E-state index contributed by atoms with van der Waals surface area (Å²) in [5.74, 6) is 1.10. The number of hydrogen-bond acceptors (Lipinski definition) is 14. The number of nitriles is 1. The molecule has 736 valence electrons. The lowest BCUT2D eigenvalue weighted by Gasteiger charge is -2.42. The Morgan fingerprint density at radius 2 is 0.804 bits per heavy atom. The van der Waals surface area contributed by atoms with Gasteiger partial charge in [-0.3, -0.25) is 38.2 Å². The van der Waals surface area contributed by atoms with Gasteiger partial charge in [0, 0.05) is 178 Å². The van der Waals surface area contributed by atoms with Crippen LogP contribution in [0.15, 0.2) is 243 Å². The first-order valence-corrected chi connectivity index (χ1v) is 50.1. The van der Waals surface area contributed by atoms with Gasteiger partial charge in [-0.05, 0) is 271 Å². The number of likely N-dealkylation sites (tertiary alicyclic amines) is 1. The van der Waals surface area contributed by atoms with Crippen LogP contribution in [0.25, 0.3) is 71.1 Å². The van der Waals surface area contributed by atoms with Gasteiger partial charge in [0.25, 0.3) is 35.4 Å². The summed E-state index contributed by atoms with van der Waals surface area (Å²) in [5.41, 5.74) is 13.1. The van der Waals surface area contributed by atoms with Crippen molar-refractivity contribution in [2.75, 3.05) is 47.2 Å². The van der Waals surface area contributed by atoms with Crippen LogP contribution in [-0.2, 0) is 38.5 Å². The average Bonchev–Trinajstić information content (AvgIpc) is 1.61. The minimum absolute atomic E-state index is 0.0260. The largest absolute Gasteiger partial charge is 0.497 e. The van der Waals surface area contributed by atoms with Crippen molar-refractivity contribution in [2.45, 2.75) is 107 Å². The van der Waals surface area contributed by atoms with Crippen molar-refractivity contribution in [2.24, 2.45) is 13.0 Å². The zero-order valence-corrected chi connectivity index (χ0v) is 84.6. The highest BCUT2D eigenvalue weighted by Gasteiger charge is 2.49. The summed E-state index contributed by atoms with van der Waals surface area (Å²) in [5, 5.41) is 45.1. The number of ether oxygens (including phenoxy) is 2. The molecule has 0 bridgehead atoms. The Hall–Kier alpha value is -14.3. The number of carbonyl (C=O) groups excluding carboxylic acids is 7. The summed E-state index contributed by atoms with van der Waals surface area (Å²) in [4.78, 5) is 107. The van der Waals surface area contributed by atoms with Gasteiger partial charge in [0.1, 0.15) is 45.7 Å². The van der Waals surface area contributed by atoms with E-state index >= 15 is 0 Å². The number of benzene rings is 9. The van der Waals surface area contributed by atoms with E-state index in [-0.39, 0.29) is 76.1 Å². The summed E-state index contributed by atoms with van der Waals surface area (Å²) in [6, 6.07) is 68.4. The number of nitrogens with zero attached hydrogens (tertiary/aromatic N) is 7. The molecule has 143 heavy (non-hydrogen) atoms. The van der Waals surface area contributed by atoms with E-state index in [0.29, 0.717) is 102 Å². The highest BCUT2D eigenvalue weighted by molar-refractivity contribution is 7.88. The smallest absolute Gasteiger partial charge is 0.268 e. The molecule has 12 N–H and O–H groups in total. The molecule has 3 aliphatic carbocycles. The number of rotatable bonds is 24. The molecule has 17 aromatic rings. The van der Waals surface area contributed by atoms with Crippen molar-refractivity contribution in [3.05, 3.63) is 335 Å². The number of fused-ring (bicyclic) bond motifs is 6. The second-order valence-corrected chi connectivity index (χ2v) is 40.9. The first-order valence-electron chi connectivity index (χ1n) is 46.0. The molecule has 1 aliphatic heterocycles. The fourth-order valence-electron chi connectivity index (χ4n) is 16.7. The van der Waals surface area contributed by atoms with Crippen LogP contribution in [0.2, 0.25) is 30.1 Å². The normalized spacial score (nSPS) is 14.6. The number of aromatic amines is 6. The van der Waals surface area contributed by atoms with Gasteiger partial charge in [-0.15, -0.1) is 0 Å². The molecular weight excluding hydrogens is 1960 g/mol. The predicted molar refractivity (Wildman–Crippen MR) is 560 cm³/mol. The Morgan fingerprint density at radius 3 is 1.17 bits per heavy atom. The summed E-state index contributed by atoms with van der Waals surface area (Å²) in [6.07, 6.45) is 14.7. The van der Waals surface area contributed by atoms with E-state index in [1.165, 1.54) is 11.4 Å². The van der Waals surface area contributed by atoms with E-state index in [4.69, 9.17) is 84.3 Å². The van der Waals surface area contributed by atoms with Gasteiger partial charge in [-0.1, -0.05) is 93.9 Å². The average molecular weight is 2060 g/mol. The maximum absolute atomic E-state index is 12.7. The Balaban J connectivity index is 0.000000123. The fourth-order valence-corrected chi connectivity index (χ4v) is 18.2. The van der Waals surface area contributed by atoms with E-state index in [1.54, 1.807) is 115 Å². The number of hydrogen-bond donors (Lipinski definition) is 12. The highest BCUT2D eigenvalue weighted by Crippen LogP contribution is 2.48. The Labute approximate surface area is 853 Å². The zero-order valence-electron chi connectivity index (χ0n) is 79.3. The SMILES string of the molecule is CC(=O)N1CC(C(C)NC(=O)c2cc3cc(Cl)ccc3[nH]2)C1.CC(CCN(C)S(C)(=O)=O)NC(=O)c1cc2cc(Cl)ccc2[nH]1.COc1ccc(-n2cc(C(C)NC(=O)c3cc4cc(Cl)ccc4[nH]3)cn2)cc1.COc1ccc(C2(NC(=O)c3cc4cc(Cl)ccc4[nH]3)CC2)cc1.Cn1cc(C2(NC(=O)c3cc4cc(C#N)ccc4[nH]3)CC2)cn1.O=C(NC1(c2ccc(Cl)cc2)CC1)c1cc2cc(Cl)ccc2[nH]1. The topological polar surface area (TPSA) is 405 Å². The first kappa shape index (κ1) is 102. The Kier molecular flexibility index (Phi) is 30.7. The molecule has 9 heterocycles. The lowest BCUT2D eigenvalue weighted by atomic mass is 9.92. The molecule has 3 unspecified atom stereocenters. The van der Waals surface area contributed by atoms with Crippen molar-refractivity contribution < 1.29 is 51.5 Å². The molecule has 37 heteroatoms. The standard InChI is InChI=1S/C21H19ClN4O2.C19H17ClN2O2.C18H14Cl2N2O.C17H15N5O.C16H18ClN3O2.C15H20ClN3O3S/c1-13(15-11-23-26(12-15)17-4-6-18(28-2)7-5-17)24-21(27)20-10-14-9-16(22)3-8-19(14)25-20;1-24-15-5-2-13(3-6-15)19(8-9-19)22-18(23)17-11-12-10-14(20)4-7-16(12)21-17;19-13-3-1-12(2-4-13)18(7-8-18)22-17(23)16-10-11-9-14(20)5-6-15(11)21-16;1-22-10-13(9-19-22)17(4-5-17)21-16(23)15-7-12-6-11(8-18)2-3-14(12)20-15;1-9(12-7-20(8-12)10(2)21)18-16(22)15-6-11-5-13(17)3-4-14(11)19-15;1-10(6-7-19(2)23(3,21)22)17-15(20)14-9-11-8-12(16)4-5-13(11)18-14/h3-13,25H,1-2H3,(H,24,27);2-7,10-11,21H,8-9H2,1H3,(H,22,23);1-6,9-10,21H,7-8H2,(H,22,23);2-3,6-7,9-10,20H,4-5H2,1H3,(H,21,23);3-6,9,12,19H,7-8H2,1-2H3,(H,18,22);4-5,8-10,18H,6-7H2,1-3H3,(H,17,20). The molecule has 3 saturated carbocycles. The number of carbonyl (C=O) groups is 7. The maximum atomic E-state index is 12.7. The van der Waals surface area contributed by atoms with Crippen LogP contribution in [0, 0.1) is 17.2 Å². The van der Waals surface area contributed by atoms with Crippen LogP contribution >= 0.6 is 69.6 Å². The van der Waals surface area contributed by atoms with E-state index in [9.17, 15) is 42.0 Å². The second kappa shape index (κ2) is 43.2. The number of methoxy groups -OCH3 is 2. The number of H-pyrrole nitrogens is 6. The van der Waals surface area contributed by atoms with Gasteiger partial charge >= 0.3 is 0 Å². The summed E-state index contributed by atoms with van der Waals surface area (Å²) in [7, 11) is 3.46. The summed E-state index contributed by atoms with van der Waals surface area (Å²) >= 11 is 35.8. The minimum Gasteiger partial charge on any atom is -0.497 e. The van der Waals surface area contributed by atoms with Crippen molar-refractivity contribution in [1.29, 1.82) is 5.26 Å². The molecule has 0 spiro atoms. The van der Waals surface area contributed by atoms with Crippen LogP contribution in [0.1, 0.15) is 169 Å². The van der Waals surface area contributed by atoms with Crippen LogP contribution in [0.3, 0.4) is 0 Å². The van der Waals surface area contributed by atoms with Gasteiger partial charge in [-0.25, -0.2) is 17.4 Å². The fraction of sp³-hybridized carbons (Fsp3) is 0.245. The molecule has 30 nitrogen and oxygen atoms in total. The van der Waals surface area contributed by atoms with Crippen molar-refractivity contribution in [3.63, 3.8) is 0 Å². The van der Waals surface area contributed by atoms with E-state index in [0.717, 1.165) is 150 Å². The number of amides is 7. The zero-order chi connectivity index (χ0) is 102. The maximum Gasteiger partial charge on any atom is 0.268 e. The van der Waals surface area contributed by atoms with Crippen LogP contribution < -0.4 is 41.4 Å². The van der Waals surface area contributed by atoms with E-state index < -0.39 is 10.0 Å². The Bertz CT molecular complexity index is 7790. The van der Waals surface area contributed by atoms with Gasteiger partial charge in [0.15, 0.2) is 0 Å². The quantitative estimate of drug-likeness (QED) is 0.0268. The third kappa shape index (κ3) is 24.9. The number of aryl methyl sites for hydroxylation is 1. The predicted octanol–water partition coefficient (Wildman–Crippen LogP) is 20.5. The number of nitrogens with one attached hydrogen (secondary N) is 12. The molecule has 21 rings (SSSR count). The van der Waals surface area contributed by atoms with Gasteiger partial charge in [-0.2, -0.15) is 15.5 Å². The monoisotopic (exact) mass is 2060 g/mol. The van der Waals surface area contributed by atoms with E-state index in [2.05, 4.69) is 78.1 Å². The number of aromatic nitrogens is 10. The lowest BCUT2D eigenvalue weighted by Crippen LogP contribution is -2.56. The van der Waals surface area contributed by atoms with E-state index in [1.807, 2.05) is 192 Å². The first-order chi connectivity index (χ1) is 68.4. The van der Waals surface area contributed by atoms with Gasteiger partial charge in [0.05, 0.1) is 72.8 Å². The third-order valence-corrected chi connectivity index (χ3v) is 28.5. The van der Waals surface area contributed by atoms with Gasteiger partial charge in [0.2, 0.25) is 15.9 Å². The van der Waals surface area contributed by atoms with Gasteiger partial charge < -0.3 is 76.2 Å². The molecule has 1 saturated heterocycles. The molecule has 8 aromatic heterocycles. The Morgan fingerprint density at radius 1 is 0.455 bits per heavy atom. The molecule has 4 aliphatic rings. The van der Waals surface area contributed by atoms with Crippen LogP contribution in [0.5, 0.6) is 11.5 Å². The van der Waals surface area contributed by atoms with Crippen molar-refractivity contribution in [1.82, 2.24) is 90.6 Å². The number of halogens is 6. The molecule has 3 atom stereocenters. The minimum atomic E-state index is -3.20. The molecule has 7 amide bonds. The molecule has 0 radical (unpaired) electrons. The highest BCUT2D eigenvalue weighted by atomic mass is 35.5. The number of sulfonamides is 1. The van der Waals surface area contributed by atoms with Crippen molar-refractivity contribution >= 4 is 186 Å². The summed E-state index contributed by atoms with van der Waals surface area (Å²) in [6.45, 7) is 9.07. The molecule has 9 aromatic carbocycles. The molecular formula is C106H103Cl6N19O11S.